The molecule has 0 aromatic rings. The van der Waals surface area contributed by atoms with Crippen LogP contribution in [-0.2, 0) is 4.74 Å². The van der Waals surface area contributed by atoms with Crippen LogP contribution in [0.4, 0.5) is 4.79 Å². The van der Waals surface area contributed by atoms with Crippen LogP contribution in [0.1, 0.15) is 47.5 Å². The number of rotatable bonds is 1. The van der Waals surface area contributed by atoms with E-state index in [9.17, 15) is 4.79 Å². The molecule has 1 atom stereocenters. The molecule has 0 saturated carbocycles. The van der Waals surface area contributed by atoms with Crippen LogP contribution in [0.25, 0.3) is 0 Å². The van der Waals surface area contributed by atoms with Crippen molar-refractivity contribution in [2.45, 2.75) is 53.1 Å². The molecule has 4 nitrogen and oxygen atoms in total. The van der Waals surface area contributed by atoms with Crippen molar-refractivity contribution in [3.05, 3.63) is 11.8 Å². The first-order valence-electron chi connectivity index (χ1n) is 6.06. The van der Waals surface area contributed by atoms with Gasteiger partial charge in [0.1, 0.15) is 11.4 Å². The fraction of sp³-hybridized carbons (Fsp3) is 0.692. The summed E-state index contributed by atoms with van der Waals surface area (Å²) in [5, 5.41) is 2.72. The van der Waals surface area contributed by atoms with Crippen LogP contribution in [0.5, 0.6) is 0 Å². The lowest BCUT2D eigenvalue weighted by molar-refractivity contribution is 0.0561. The fourth-order valence-electron chi connectivity index (χ4n) is 1.71. The van der Waals surface area contributed by atoms with E-state index in [0.717, 1.165) is 18.5 Å². The minimum atomic E-state index is -0.478. The molecule has 0 aromatic heterocycles. The predicted molar refractivity (Wildman–Crippen MR) is 69.0 cm³/mol. The van der Waals surface area contributed by atoms with Gasteiger partial charge >= 0.3 is 6.09 Å². The van der Waals surface area contributed by atoms with Crippen LogP contribution in [0.3, 0.4) is 0 Å². The van der Waals surface area contributed by atoms with Gasteiger partial charge in [-0.3, -0.25) is 5.32 Å². The van der Waals surface area contributed by atoms with Gasteiger partial charge in [-0.1, -0.05) is 13.0 Å². The van der Waals surface area contributed by atoms with Gasteiger partial charge in [-0.2, -0.15) is 0 Å². The van der Waals surface area contributed by atoms with Crippen LogP contribution in [0, 0.1) is 5.92 Å². The zero-order chi connectivity index (χ0) is 13.1. The maximum atomic E-state index is 11.6. The average Bonchev–Trinajstić information content (AvgIpc) is 2.13. The number of ether oxygens (including phenoxy) is 1. The van der Waals surface area contributed by atoms with Crippen molar-refractivity contribution >= 4 is 11.9 Å². The Hall–Kier alpha value is -1.32. The molecule has 1 aliphatic heterocycles. The number of nitrogens with zero attached hydrogens (tertiary/aromatic N) is 1. The van der Waals surface area contributed by atoms with E-state index in [4.69, 9.17) is 4.74 Å². The number of alkyl carbamates (subject to hydrolysis) is 1. The van der Waals surface area contributed by atoms with Gasteiger partial charge < -0.3 is 4.74 Å². The first-order valence-corrected chi connectivity index (χ1v) is 6.06. The minimum absolute atomic E-state index is 0.430. The molecule has 0 aliphatic carbocycles. The Kier molecular flexibility index (Phi) is 4.32. The normalized spacial score (nSPS) is 20.4. The van der Waals surface area contributed by atoms with E-state index in [1.165, 1.54) is 0 Å². The second-order valence-corrected chi connectivity index (χ2v) is 5.37. The largest absolute Gasteiger partial charge is 0.444 e. The molecule has 1 aliphatic rings. The first kappa shape index (κ1) is 13.7. The summed E-state index contributed by atoms with van der Waals surface area (Å²) in [6.45, 7) is 9.60. The molecule has 1 amide bonds. The molecule has 1 N–H and O–H groups in total. The molecule has 1 heterocycles. The number of hydrogen-bond donors (Lipinski definition) is 1. The number of amidine groups is 1. The van der Waals surface area contributed by atoms with Crippen molar-refractivity contribution < 1.29 is 9.53 Å². The summed E-state index contributed by atoms with van der Waals surface area (Å²) in [6, 6.07) is 0. The molecule has 96 valence electrons. The van der Waals surface area contributed by atoms with Crippen LogP contribution in [0.2, 0.25) is 0 Å². The van der Waals surface area contributed by atoms with E-state index in [1.807, 2.05) is 27.7 Å². The van der Waals surface area contributed by atoms with Crippen LogP contribution in [0.15, 0.2) is 16.8 Å². The molecule has 4 heteroatoms. The number of aliphatic imine (C=N–C) groups is 1. The Labute approximate surface area is 103 Å². The summed E-state index contributed by atoms with van der Waals surface area (Å²) in [5.74, 6) is 1.16. The molecule has 0 saturated heterocycles. The van der Waals surface area contributed by atoms with Gasteiger partial charge in [0.25, 0.3) is 0 Å². The quantitative estimate of drug-likeness (QED) is 0.762. The first-order chi connectivity index (χ1) is 7.80. The molecular weight excluding hydrogens is 216 g/mol. The second kappa shape index (κ2) is 5.34. The highest BCUT2D eigenvalue weighted by atomic mass is 16.6. The zero-order valence-electron chi connectivity index (χ0n) is 11.3. The van der Waals surface area contributed by atoms with Crippen molar-refractivity contribution in [1.29, 1.82) is 0 Å². The molecular formula is C13H22N2O2. The molecule has 0 radical (unpaired) electrons. The van der Waals surface area contributed by atoms with E-state index < -0.39 is 11.7 Å². The highest BCUT2D eigenvalue weighted by Gasteiger charge is 2.20. The second-order valence-electron chi connectivity index (χ2n) is 5.37. The van der Waals surface area contributed by atoms with Crippen LogP contribution < -0.4 is 5.32 Å². The molecule has 1 unspecified atom stereocenters. The molecule has 0 aromatic carbocycles. The highest BCUT2D eigenvalue weighted by molar-refractivity contribution is 5.96. The predicted octanol–water partition coefficient (Wildman–Crippen LogP) is 3.24. The van der Waals surface area contributed by atoms with Crippen molar-refractivity contribution in [1.82, 2.24) is 5.32 Å². The summed E-state index contributed by atoms with van der Waals surface area (Å²) in [4.78, 5) is 15.9. The number of amides is 1. The Balaban J connectivity index is 2.58. The monoisotopic (exact) mass is 238 g/mol. The van der Waals surface area contributed by atoms with Gasteiger partial charge in [-0.15, -0.1) is 0 Å². The van der Waals surface area contributed by atoms with Crippen molar-refractivity contribution in [3.8, 4) is 0 Å². The maximum absolute atomic E-state index is 11.6. The molecule has 0 spiro atoms. The van der Waals surface area contributed by atoms with Gasteiger partial charge in [0.05, 0.1) is 0 Å². The molecule has 0 fully saturated rings. The van der Waals surface area contributed by atoms with Gasteiger partial charge in [0.2, 0.25) is 0 Å². The standard InChI is InChI=1S/C13H22N2O2/c1-6-10-7-9(2)14-11(8-10)15-12(16)17-13(3,4)5/h7,10H,6,8H2,1-5H3,(H,14,15,16). The molecule has 17 heavy (non-hydrogen) atoms. The third-order valence-electron chi connectivity index (χ3n) is 2.41. The Morgan fingerprint density at radius 1 is 1.59 bits per heavy atom. The molecule has 0 bridgehead atoms. The number of nitrogens with one attached hydrogen (secondary N) is 1. The fourth-order valence-corrected chi connectivity index (χ4v) is 1.71. The summed E-state index contributed by atoms with van der Waals surface area (Å²) in [6.07, 6.45) is 3.53. The number of allylic oxidation sites excluding steroid dienone is 2. The maximum Gasteiger partial charge on any atom is 0.413 e. The summed E-state index contributed by atoms with van der Waals surface area (Å²) in [7, 11) is 0. The Morgan fingerprint density at radius 2 is 2.24 bits per heavy atom. The van der Waals surface area contributed by atoms with Crippen LogP contribution in [-0.4, -0.2) is 17.5 Å². The van der Waals surface area contributed by atoms with E-state index in [1.54, 1.807) is 0 Å². The Bertz CT molecular complexity index is 351. The Morgan fingerprint density at radius 3 is 2.76 bits per heavy atom. The van der Waals surface area contributed by atoms with E-state index >= 15 is 0 Å². The topological polar surface area (TPSA) is 50.7 Å². The number of carbonyl (C=O) groups excluding carboxylic acids is 1. The van der Waals surface area contributed by atoms with Crippen LogP contribution >= 0.6 is 0 Å². The summed E-state index contributed by atoms with van der Waals surface area (Å²) >= 11 is 0. The lowest BCUT2D eigenvalue weighted by atomic mass is 9.98. The van der Waals surface area contributed by atoms with Gasteiger partial charge in [-0.05, 0) is 40.0 Å². The highest BCUT2D eigenvalue weighted by Crippen LogP contribution is 2.19. The van der Waals surface area contributed by atoms with Gasteiger partial charge in [0.15, 0.2) is 0 Å². The molecule has 1 rings (SSSR count). The number of hydrogen-bond acceptors (Lipinski definition) is 3. The SMILES string of the molecule is CCC1C=C(C)N=C(NC(=O)OC(C)(C)C)C1. The summed E-state index contributed by atoms with van der Waals surface area (Å²) < 4.78 is 5.19. The summed E-state index contributed by atoms with van der Waals surface area (Å²) in [5.41, 5.74) is 0.475. The smallest absolute Gasteiger partial charge is 0.413 e. The van der Waals surface area contributed by atoms with Crippen molar-refractivity contribution in [2.75, 3.05) is 0 Å². The lowest BCUT2D eigenvalue weighted by Crippen LogP contribution is -2.37. The third kappa shape index (κ3) is 5.02. The van der Waals surface area contributed by atoms with Crippen molar-refractivity contribution in [3.63, 3.8) is 0 Å². The van der Waals surface area contributed by atoms with Gasteiger partial charge in [-0.25, -0.2) is 9.79 Å². The van der Waals surface area contributed by atoms with E-state index in [2.05, 4.69) is 23.3 Å². The average molecular weight is 238 g/mol. The van der Waals surface area contributed by atoms with E-state index in [0.29, 0.717) is 11.8 Å². The minimum Gasteiger partial charge on any atom is -0.444 e. The third-order valence-corrected chi connectivity index (χ3v) is 2.41. The zero-order valence-corrected chi connectivity index (χ0v) is 11.3. The van der Waals surface area contributed by atoms with Gasteiger partial charge in [0, 0.05) is 12.1 Å². The lowest BCUT2D eigenvalue weighted by Gasteiger charge is -2.22. The number of carbonyl (C=O) groups is 1. The van der Waals surface area contributed by atoms with E-state index in [-0.39, 0.29) is 0 Å². The van der Waals surface area contributed by atoms with Crippen molar-refractivity contribution in [2.24, 2.45) is 10.9 Å².